The fourth-order valence-corrected chi connectivity index (χ4v) is 10.9. The molecular weight excluding hydrogens is 416 g/mol. The molecule has 0 aromatic rings. The minimum atomic E-state index is -0.129. The average Bonchev–Trinajstić information content (AvgIpc) is 3.10. The van der Waals surface area contributed by atoms with Crippen molar-refractivity contribution in [2.24, 2.45) is 50.7 Å². The molecule has 34 heavy (non-hydrogen) atoms. The van der Waals surface area contributed by atoms with Crippen LogP contribution in [-0.4, -0.2) is 12.1 Å². The number of hydrogen-bond donors (Lipinski definition) is 0. The summed E-state index contributed by atoms with van der Waals surface area (Å²) < 4.78 is 5.87. The number of hydrogen-bond acceptors (Lipinski definition) is 2. The molecular formula is C32H50O2. The fraction of sp³-hybridized carbons (Fsp3) is 0.844. The summed E-state index contributed by atoms with van der Waals surface area (Å²) in [5, 5.41) is 0. The molecule has 5 aliphatic rings. The smallest absolute Gasteiger partial charge is 0.302 e. The van der Waals surface area contributed by atoms with Gasteiger partial charge in [-0.15, -0.1) is 0 Å². The van der Waals surface area contributed by atoms with Gasteiger partial charge in [0.2, 0.25) is 0 Å². The lowest BCUT2D eigenvalue weighted by Gasteiger charge is -2.66. The number of carbonyl (C=O) groups is 1. The molecule has 5 aliphatic carbocycles. The molecule has 0 radical (unpaired) electrons. The maximum absolute atomic E-state index is 11.8. The highest BCUT2D eigenvalue weighted by Crippen LogP contribution is 2.75. The highest BCUT2D eigenvalue weighted by atomic mass is 16.5. The SMILES string of the molecule is CC(=O)O[C@H]1CC[C@]2(C)C3=CC[C@@]4(C)[C@@H]5CC[C@H](C(C)C)[C@@]5(C)CC[C@]4(C)C3=CC[C@H]2C1(C)C. The summed E-state index contributed by atoms with van der Waals surface area (Å²) in [6.07, 6.45) is 15.4. The van der Waals surface area contributed by atoms with E-state index < -0.39 is 0 Å². The molecule has 2 nitrogen and oxygen atoms in total. The van der Waals surface area contributed by atoms with Crippen molar-refractivity contribution in [1.29, 1.82) is 0 Å². The zero-order valence-electron chi connectivity index (χ0n) is 23.5. The second-order valence-corrected chi connectivity index (χ2v) is 14.8. The topological polar surface area (TPSA) is 26.3 Å². The van der Waals surface area contributed by atoms with Crippen molar-refractivity contribution in [1.82, 2.24) is 0 Å². The first-order valence-electron chi connectivity index (χ1n) is 14.3. The van der Waals surface area contributed by atoms with Crippen LogP contribution in [0.3, 0.4) is 0 Å². The van der Waals surface area contributed by atoms with E-state index in [0.717, 1.165) is 37.0 Å². The van der Waals surface area contributed by atoms with E-state index in [4.69, 9.17) is 4.74 Å². The van der Waals surface area contributed by atoms with Gasteiger partial charge in [0.05, 0.1) is 0 Å². The van der Waals surface area contributed by atoms with Gasteiger partial charge in [0.15, 0.2) is 0 Å². The van der Waals surface area contributed by atoms with Gasteiger partial charge >= 0.3 is 5.97 Å². The van der Waals surface area contributed by atoms with Crippen LogP contribution >= 0.6 is 0 Å². The largest absolute Gasteiger partial charge is 0.462 e. The van der Waals surface area contributed by atoms with Gasteiger partial charge in [0, 0.05) is 12.3 Å². The van der Waals surface area contributed by atoms with E-state index >= 15 is 0 Å². The zero-order chi connectivity index (χ0) is 24.9. The molecule has 0 heterocycles. The van der Waals surface area contributed by atoms with E-state index in [2.05, 4.69) is 67.5 Å². The third kappa shape index (κ3) is 2.95. The molecule has 3 fully saturated rings. The van der Waals surface area contributed by atoms with Gasteiger partial charge in [-0.25, -0.2) is 0 Å². The molecule has 8 atom stereocenters. The molecule has 0 N–H and O–H groups in total. The lowest BCUT2D eigenvalue weighted by molar-refractivity contribution is -0.166. The highest BCUT2D eigenvalue weighted by Gasteiger charge is 2.67. The van der Waals surface area contributed by atoms with Gasteiger partial charge in [0.25, 0.3) is 0 Å². The Kier molecular flexibility index (Phi) is 5.42. The lowest BCUT2D eigenvalue weighted by atomic mass is 9.38. The van der Waals surface area contributed by atoms with Crippen molar-refractivity contribution in [2.75, 3.05) is 0 Å². The summed E-state index contributed by atoms with van der Waals surface area (Å²) in [4.78, 5) is 11.8. The van der Waals surface area contributed by atoms with Crippen molar-refractivity contribution in [3.05, 3.63) is 23.3 Å². The molecule has 0 aromatic carbocycles. The van der Waals surface area contributed by atoms with E-state index in [9.17, 15) is 4.79 Å². The van der Waals surface area contributed by atoms with Crippen LogP contribution in [-0.2, 0) is 9.53 Å². The van der Waals surface area contributed by atoms with Gasteiger partial charge in [-0.1, -0.05) is 67.5 Å². The first kappa shape index (κ1) is 24.6. The number of carbonyl (C=O) groups excluding carboxylic acids is 1. The van der Waals surface area contributed by atoms with Crippen LogP contribution in [0.25, 0.3) is 0 Å². The Hall–Kier alpha value is -1.05. The molecule has 3 saturated carbocycles. The fourth-order valence-electron chi connectivity index (χ4n) is 10.9. The third-order valence-electron chi connectivity index (χ3n) is 12.9. The maximum atomic E-state index is 11.8. The molecule has 0 aromatic heterocycles. The minimum absolute atomic E-state index is 0.00965. The molecule has 0 amide bonds. The Bertz CT molecular complexity index is 939. The van der Waals surface area contributed by atoms with E-state index in [0.29, 0.717) is 16.7 Å². The van der Waals surface area contributed by atoms with Crippen molar-refractivity contribution in [2.45, 2.75) is 120 Å². The second-order valence-electron chi connectivity index (χ2n) is 14.8. The summed E-state index contributed by atoms with van der Waals surface area (Å²) in [5.74, 6) is 2.89. The molecule has 0 saturated heterocycles. The predicted octanol–water partition coefficient (Wildman–Crippen LogP) is 8.52. The number of rotatable bonds is 2. The molecule has 190 valence electrons. The number of fused-ring (bicyclic) bond motifs is 7. The molecule has 0 spiro atoms. The van der Waals surface area contributed by atoms with Crippen LogP contribution in [0.15, 0.2) is 23.3 Å². The Morgan fingerprint density at radius 1 is 0.912 bits per heavy atom. The predicted molar refractivity (Wildman–Crippen MR) is 140 cm³/mol. The number of allylic oxidation sites excluding steroid dienone is 4. The van der Waals surface area contributed by atoms with Gasteiger partial charge < -0.3 is 4.74 Å². The van der Waals surface area contributed by atoms with Crippen LogP contribution in [0, 0.1) is 50.7 Å². The lowest BCUT2D eigenvalue weighted by Crippen LogP contribution is -2.59. The van der Waals surface area contributed by atoms with Crippen molar-refractivity contribution in [3.63, 3.8) is 0 Å². The average molecular weight is 467 g/mol. The van der Waals surface area contributed by atoms with Crippen LogP contribution < -0.4 is 0 Å². The van der Waals surface area contributed by atoms with Gasteiger partial charge in [0.1, 0.15) is 6.10 Å². The van der Waals surface area contributed by atoms with E-state index in [1.807, 2.05) is 0 Å². The normalized spacial score (nSPS) is 49.2. The Labute approximate surface area is 209 Å². The van der Waals surface area contributed by atoms with Crippen molar-refractivity contribution in [3.8, 4) is 0 Å². The van der Waals surface area contributed by atoms with Gasteiger partial charge in [-0.05, 0) is 108 Å². The van der Waals surface area contributed by atoms with Crippen molar-refractivity contribution >= 4 is 5.97 Å². The van der Waals surface area contributed by atoms with Crippen molar-refractivity contribution < 1.29 is 9.53 Å². The summed E-state index contributed by atoms with van der Waals surface area (Å²) in [6.45, 7) is 21.7. The Morgan fingerprint density at radius 2 is 1.62 bits per heavy atom. The standard InChI is InChI=1S/C32H50O2/c1-20(2)22-10-13-26-30(22,7)18-19-31(8)24-11-12-25-28(4,5)27(34-21(3)33)15-16-29(25,6)23(24)14-17-32(26,31)9/h11,14,20,22,25-27H,10,12-13,15-19H2,1-9H3/t22-,25+,26-,27+,29-,30-,31-,32+/m1/s1. The first-order chi connectivity index (χ1) is 15.7. The second kappa shape index (κ2) is 7.48. The molecule has 2 heteroatoms. The third-order valence-corrected chi connectivity index (χ3v) is 12.9. The molecule has 5 rings (SSSR count). The number of esters is 1. The molecule has 0 bridgehead atoms. The zero-order valence-corrected chi connectivity index (χ0v) is 23.5. The molecule has 0 unspecified atom stereocenters. The van der Waals surface area contributed by atoms with Crippen LogP contribution in [0.5, 0.6) is 0 Å². The Morgan fingerprint density at radius 3 is 2.26 bits per heavy atom. The number of ether oxygens (including phenoxy) is 1. The van der Waals surface area contributed by atoms with E-state index in [-0.39, 0.29) is 28.3 Å². The summed E-state index contributed by atoms with van der Waals surface area (Å²) in [7, 11) is 0. The van der Waals surface area contributed by atoms with Crippen LogP contribution in [0.1, 0.15) is 114 Å². The first-order valence-corrected chi connectivity index (χ1v) is 14.3. The van der Waals surface area contributed by atoms with E-state index in [1.54, 1.807) is 18.1 Å². The molecule has 0 aliphatic heterocycles. The van der Waals surface area contributed by atoms with Gasteiger partial charge in [-0.3, -0.25) is 4.79 Å². The minimum Gasteiger partial charge on any atom is -0.462 e. The van der Waals surface area contributed by atoms with Gasteiger partial charge in [-0.2, -0.15) is 0 Å². The highest BCUT2D eigenvalue weighted by molar-refractivity contribution is 5.66. The summed E-state index contributed by atoms with van der Waals surface area (Å²) >= 11 is 0. The van der Waals surface area contributed by atoms with Crippen LogP contribution in [0.4, 0.5) is 0 Å². The summed E-state index contributed by atoms with van der Waals surface area (Å²) in [6, 6.07) is 0. The summed E-state index contributed by atoms with van der Waals surface area (Å²) in [5.41, 5.74) is 4.68. The quantitative estimate of drug-likeness (QED) is 0.381. The monoisotopic (exact) mass is 466 g/mol. The van der Waals surface area contributed by atoms with Crippen LogP contribution in [0.2, 0.25) is 0 Å². The van der Waals surface area contributed by atoms with E-state index in [1.165, 1.54) is 32.1 Å². The Balaban J connectivity index is 1.54. The maximum Gasteiger partial charge on any atom is 0.302 e.